The number of benzene rings is 1. The minimum Gasteiger partial charge on any atom is -0.481 e. The number of fused-ring (bicyclic) bond motifs is 3. The first-order valence-corrected chi connectivity index (χ1v) is 6.43. The average Bonchev–Trinajstić information content (AvgIpc) is 2.66. The van der Waals surface area contributed by atoms with Crippen LogP contribution in [0.4, 0.5) is 5.69 Å². The van der Waals surface area contributed by atoms with E-state index in [-0.39, 0.29) is 6.42 Å². The number of carboxylic acids is 1. The normalized spacial score (nSPS) is 26.3. The first-order chi connectivity index (χ1) is 8.63. The Balaban J connectivity index is 1.90. The van der Waals surface area contributed by atoms with E-state index in [2.05, 4.69) is 23.3 Å². The molecule has 2 atom stereocenters. The molecule has 0 aliphatic carbocycles. The Labute approximate surface area is 107 Å². The Bertz CT molecular complexity index is 487. The van der Waals surface area contributed by atoms with Crippen molar-refractivity contribution in [3.63, 3.8) is 0 Å². The molecular weight excluding hydrogens is 228 g/mol. The second-order valence-corrected chi connectivity index (χ2v) is 5.40. The van der Waals surface area contributed by atoms with Gasteiger partial charge in [0.2, 0.25) is 0 Å². The minimum absolute atomic E-state index is 0.112. The van der Waals surface area contributed by atoms with Gasteiger partial charge in [-0.25, -0.2) is 0 Å². The van der Waals surface area contributed by atoms with Crippen molar-refractivity contribution in [1.29, 1.82) is 0 Å². The third-order valence-corrected chi connectivity index (χ3v) is 4.03. The minimum atomic E-state index is -0.766. The first-order valence-electron chi connectivity index (χ1n) is 6.43. The Hall–Kier alpha value is -1.55. The maximum Gasteiger partial charge on any atom is 0.307 e. The van der Waals surface area contributed by atoms with E-state index in [0.29, 0.717) is 12.0 Å². The number of carbonyl (C=O) groups is 1. The second kappa shape index (κ2) is 4.28. The van der Waals surface area contributed by atoms with Crippen molar-refractivity contribution in [2.45, 2.75) is 24.8 Å². The number of aliphatic carboxylic acids is 1. The quantitative estimate of drug-likeness (QED) is 0.831. The molecule has 2 N–H and O–H groups in total. The van der Waals surface area contributed by atoms with Gasteiger partial charge in [-0.1, -0.05) is 12.1 Å². The number of hydrogen-bond acceptors (Lipinski definition) is 3. The van der Waals surface area contributed by atoms with E-state index in [4.69, 9.17) is 5.11 Å². The molecule has 1 aromatic rings. The molecule has 0 bridgehead atoms. The van der Waals surface area contributed by atoms with Gasteiger partial charge in [0.15, 0.2) is 0 Å². The lowest BCUT2D eigenvalue weighted by atomic mass is 9.89. The fourth-order valence-corrected chi connectivity index (χ4v) is 3.14. The molecule has 2 heterocycles. The molecule has 4 heteroatoms. The molecule has 1 saturated heterocycles. The maximum absolute atomic E-state index is 10.8. The molecule has 0 radical (unpaired) electrons. The van der Waals surface area contributed by atoms with Crippen LogP contribution in [0.15, 0.2) is 18.2 Å². The molecule has 96 valence electrons. The van der Waals surface area contributed by atoms with Crippen molar-refractivity contribution in [2.24, 2.45) is 0 Å². The first kappa shape index (κ1) is 11.5. The van der Waals surface area contributed by atoms with E-state index in [0.717, 1.165) is 25.1 Å². The topological polar surface area (TPSA) is 52.6 Å². The zero-order chi connectivity index (χ0) is 12.7. The molecule has 3 rings (SSSR count). The van der Waals surface area contributed by atoms with Crippen molar-refractivity contribution in [3.8, 4) is 0 Å². The molecule has 4 nitrogen and oxygen atoms in total. The summed E-state index contributed by atoms with van der Waals surface area (Å²) < 4.78 is 0. The standard InChI is InChI=1S/C14H18N2O2/c1-16-5-4-13-11(8-16)10-6-9(7-14(17)18)2-3-12(10)15-13/h2-3,6,11,13,15H,4-5,7-8H2,1H3,(H,17,18)/t11-,13-/m0/s1. The third-order valence-electron chi connectivity index (χ3n) is 4.03. The van der Waals surface area contributed by atoms with Gasteiger partial charge in [0.25, 0.3) is 0 Å². The van der Waals surface area contributed by atoms with E-state index >= 15 is 0 Å². The van der Waals surface area contributed by atoms with Crippen molar-refractivity contribution < 1.29 is 9.90 Å². The van der Waals surface area contributed by atoms with Crippen molar-refractivity contribution >= 4 is 11.7 Å². The molecular formula is C14H18N2O2. The SMILES string of the molecule is CN1CC[C@@H]2Nc3ccc(CC(=O)O)cc3[C@@H]2C1. The highest BCUT2D eigenvalue weighted by Gasteiger charge is 2.35. The van der Waals surface area contributed by atoms with Crippen LogP contribution in [0, 0.1) is 0 Å². The Morgan fingerprint density at radius 2 is 2.39 bits per heavy atom. The summed E-state index contributed by atoms with van der Waals surface area (Å²) in [5, 5.41) is 12.4. The molecule has 0 spiro atoms. The van der Waals surface area contributed by atoms with Gasteiger partial charge in [0.1, 0.15) is 0 Å². The summed E-state index contributed by atoms with van der Waals surface area (Å²) in [6.07, 6.45) is 1.27. The van der Waals surface area contributed by atoms with Crippen LogP contribution in [0.3, 0.4) is 0 Å². The molecule has 1 aromatic carbocycles. The van der Waals surface area contributed by atoms with Crippen LogP contribution in [-0.2, 0) is 11.2 Å². The summed E-state index contributed by atoms with van der Waals surface area (Å²) in [4.78, 5) is 13.1. The van der Waals surface area contributed by atoms with Crippen LogP contribution >= 0.6 is 0 Å². The largest absolute Gasteiger partial charge is 0.481 e. The second-order valence-electron chi connectivity index (χ2n) is 5.40. The highest BCUT2D eigenvalue weighted by molar-refractivity contribution is 5.71. The number of anilines is 1. The zero-order valence-electron chi connectivity index (χ0n) is 10.5. The number of likely N-dealkylation sites (tertiary alicyclic amines) is 1. The van der Waals surface area contributed by atoms with Crippen molar-refractivity contribution in [2.75, 3.05) is 25.5 Å². The number of rotatable bonds is 2. The van der Waals surface area contributed by atoms with Gasteiger partial charge >= 0.3 is 5.97 Å². The summed E-state index contributed by atoms with van der Waals surface area (Å²) in [6, 6.07) is 6.55. The highest BCUT2D eigenvalue weighted by Crippen LogP contribution is 2.40. The van der Waals surface area contributed by atoms with Gasteiger partial charge in [-0.2, -0.15) is 0 Å². The predicted molar refractivity (Wildman–Crippen MR) is 70.0 cm³/mol. The van der Waals surface area contributed by atoms with Gasteiger partial charge in [-0.05, 0) is 37.2 Å². The van der Waals surface area contributed by atoms with Crippen LogP contribution in [-0.4, -0.2) is 42.2 Å². The number of hydrogen-bond donors (Lipinski definition) is 2. The Morgan fingerprint density at radius 3 is 3.17 bits per heavy atom. The number of carboxylic acid groups (broad SMARTS) is 1. The Morgan fingerprint density at radius 1 is 1.56 bits per heavy atom. The molecule has 0 aromatic heterocycles. The van der Waals surface area contributed by atoms with Gasteiger partial charge < -0.3 is 15.3 Å². The summed E-state index contributed by atoms with van der Waals surface area (Å²) in [5.41, 5.74) is 3.39. The fraction of sp³-hybridized carbons (Fsp3) is 0.500. The molecule has 0 saturated carbocycles. The van der Waals surface area contributed by atoms with Crippen LogP contribution < -0.4 is 5.32 Å². The van der Waals surface area contributed by atoms with E-state index < -0.39 is 5.97 Å². The van der Waals surface area contributed by atoms with Gasteiger partial charge in [-0.3, -0.25) is 4.79 Å². The number of nitrogens with zero attached hydrogens (tertiary/aromatic N) is 1. The van der Waals surface area contributed by atoms with E-state index in [1.165, 1.54) is 11.3 Å². The maximum atomic E-state index is 10.8. The zero-order valence-corrected chi connectivity index (χ0v) is 10.5. The lowest BCUT2D eigenvalue weighted by molar-refractivity contribution is -0.136. The lowest BCUT2D eigenvalue weighted by Gasteiger charge is -2.32. The molecule has 1 fully saturated rings. The summed E-state index contributed by atoms with van der Waals surface area (Å²) >= 11 is 0. The van der Waals surface area contributed by atoms with E-state index in [1.54, 1.807) is 0 Å². The summed E-state index contributed by atoms with van der Waals surface area (Å²) in [5.74, 6) is -0.259. The summed E-state index contributed by atoms with van der Waals surface area (Å²) in [7, 11) is 2.15. The third kappa shape index (κ3) is 1.97. The van der Waals surface area contributed by atoms with Gasteiger partial charge in [0.05, 0.1) is 6.42 Å². The van der Waals surface area contributed by atoms with Crippen LogP contribution in [0.1, 0.15) is 23.5 Å². The van der Waals surface area contributed by atoms with Crippen LogP contribution in [0.5, 0.6) is 0 Å². The van der Waals surface area contributed by atoms with Crippen molar-refractivity contribution in [1.82, 2.24) is 4.90 Å². The molecule has 2 aliphatic rings. The summed E-state index contributed by atoms with van der Waals surface area (Å²) in [6.45, 7) is 2.19. The molecule has 0 unspecified atom stereocenters. The lowest BCUT2D eigenvalue weighted by Crippen LogP contribution is -2.39. The highest BCUT2D eigenvalue weighted by atomic mass is 16.4. The Kier molecular flexibility index (Phi) is 2.74. The van der Waals surface area contributed by atoms with Gasteiger partial charge in [-0.15, -0.1) is 0 Å². The molecule has 0 amide bonds. The number of piperidine rings is 1. The van der Waals surface area contributed by atoms with E-state index in [1.807, 2.05) is 12.1 Å². The molecule has 2 aliphatic heterocycles. The molecule has 18 heavy (non-hydrogen) atoms. The monoisotopic (exact) mass is 246 g/mol. The van der Waals surface area contributed by atoms with Crippen molar-refractivity contribution in [3.05, 3.63) is 29.3 Å². The van der Waals surface area contributed by atoms with Crippen LogP contribution in [0.2, 0.25) is 0 Å². The van der Waals surface area contributed by atoms with Crippen LogP contribution in [0.25, 0.3) is 0 Å². The van der Waals surface area contributed by atoms with Gasteiger partial charge in [0, 0.05) is 24.2 Å². The number of nitrogens with one attached hydrogen (secondary N) is 1. The number of likely N-dealkylation sites (N-methyl/N-ethyl adjacent to an activating group) is 1. The fourth-order valence-electron chi connectivity index (χ4n) is 3.14. The average molecular weight is 246 g/mol. The smallest absolute Gasteiger partial charge is 0.307 e. The van der Waals surface area contributed by atoms with E-state index in [9.17, 15) is 4.79 Å². The predicted octanol–water partition coefficient (Wildman–Crippen LogP) is 1.53.